The minimum Gasteiger partial charge on any atom is -0.379 e. The molecule has 0 radical (unpaired) electrons. The number of benzene rings is 1. The quantitative estimate of drug-likeness (QED) is 0.519. The lowest BCUT2D eigenvalue weighted by Gasteiger charge is -2.41. The van der Waals surface area contributed by atoms with Gasteiger partial charge in [-0.25, -0.2) is 0 Å². The van der Waals surface area contributed by atoms with Crippen LogP contribution < -0.4 is 10.6 Å². The zero-order valence-corrected chi connectivity index (χ0v) is 20.8. The summed E-state index contributed by atoms with van der Waals surface area (Å²) in [6.45, 7) is 8.22. The van der Waals surface area contributed by atoms with Gasteiger partial charge in [0.15, 0.2) is 0 Å². The summed E-state index contributed by atoms with van der Waals surface area (Å²) in [6, 6.07) is 6.53. The van der Waals surface area contributed by atoms with Crippen molar-refractivity contribution in [3.8, 4) is 0 Å². The second kappa shape index (κ2) is 12.9. The lowest BCUT2D eigenvalue weighted by atomic mass is 9.82. The van der Waals surface area contributed by atoms with E-state index in [0.717, 1.165) is 25.2 Å². The third-order valence-electron chi connectivity index (χ3n) is 6.46. The molecule has 34 heavy (non-hydrogen) atoms. The topological polar surface area (TPSA) is 91.0 Å². The van der Waals surface area contributed by atoms with E-state index in [0.29, 0.717) is 43.3 Å². The molecule has 0 aromatic heterocycles. The van der Waals surface area contributed by atoms with Crippen molar-refractivity contribution in [3.05, 3.63) is 40.9 Å². The fourth-order valence-electron chi connectivity index (χ4n) is 4.65. The van der Waals surface area contributed by atoms with Crippen LogP contribution in [0.1, 0.15) is 33.1 Å². The van der Waals surface area contributed by atoms with Crippen molar-refractivity contribution in [1.29, 1.82) is 0 Å². The molecule has 2 aliphatic heterocycles. The fraction of sp³-hybridized carbons (Fsp3) is 0.560. The number of nitrogens with zero attached hydrogens (tertiary/aromatic N) is 2. The van der Waals surface area contributed by atoms with E-state index in [2.05, 4.69) is 15.5 Å². The van der Waals surface area contributed by atoms with Gasteiger partial charge in [0.1, 0.15) is 6.54 Å². The standard InChI is InChI=1S/C25H35ClN4O4/c1-3-18(4-2)24-21(25(33)28-20-7-5-6-19(26)16-20)8-9-23(32)30(24)17-22(31)27-10-11-29-12-14-34-15-13-29/h3,5-7,16,21,24H,4,8-15,17H2,1-2H3,(H,27,31)(H,28,33)/b18-3+/t21?,24-/m1/s1. The van der Waals surface area contributed by atoms with Crippen molar-refractivity contribution in [2.45, 2.75) is 39.2 Å². The molecule has 0 saturated carbocycles. The summed E-state index contributed by atoms with van der Waals surface area (Å²) in [5.74, 6) is -0.948. The molecule has 3 rings (SSSR count). The molecule has 2 atom stereocenters. The molecular formula is C25H35ClN4O4. The van der Waals surface area contributed by atoms with Crippen LogP contribution in [0.25, 0.3) is 0 Å². The maximum atomic E-state index is 13.3. The summed E-state index contributed by atoms with van der Waals surface area (Å²) < 4.78 is 5.35. The predicted molar refractivity (Wildman–Crippen MR) is 133 cm³/mol. The first kappa shape index (κ1) is 26.2. The highest BCUT2D eigenvalue weighted by Gasteiger charge is 2.41. The van der Waals surface area contributed by atoms with Gasteiger partial charge in [-0.3, -0.25) is 19.3 Å². The molecule has 1 aromatic rings. The van der Waals surface area contributed by atoms with Crippen LogP contribution in [0, 0.1) is 5.92 Å². The molecule has 2 saturated heterocycles. The monoisotopic (exact) mass is 490 g/mol. The van der Waals surface area contributed by atoms with Gasteiger partial charge in [-0.1, -0.05) is 36.2 Å². The highest BCUT2D eigenvalue weighted by atomic mass is 35.5. The second-order valence-corrected chi connectivity index (χ2v) is 9.07. The maximum Gasteiger partial charge on any atom is 0.239 e. The molecule has 9 heteroatoms. The van der Waals surface area contributed by atoms with E-state index in [-0.39, 0.29) is 30.7 Å². The number of rotatable bonds is 9. The van der Waals surface area contributed by atoms with Crippen LogP contribution in [0.15, 0.2) is 35.9 Å². The van der Waals surface area contributed by atoms with Gasteiger partial charge < -0.3 is 20.3 Å². The number of anilines is 1. The van der Waals surface area contributed by atoms with E-state index in [1.54, 1.807) is 29.2 Å². The Morgan fingerprint density at radius 2 is 2.03 bits per heavy atom. The lowest BCUT2D eigenvalue weighted by molar-refractivity contribution is -0.144. The van der Waals surface area contributed by atoms with Crippen LogP contribution in [0.4, 0.5) is 5.69 Å². The Morgan fingerprint density at radius 3 is 2.71 bits per heavy atom. The number of halogens is 1. The number of hydrogen-bond donors (Lipinski definition) is 2. The van der Waals surface area contributed by atoms with E-state index < -0.39 is 12.0 Å². The smallest absolute Gasteiger partial charge is 0.239 e. The maximum absolute atomic E-state index is 13.3. The molecular weight excluding hydrogens is 456 g/mol. The van der Waals surface area contributed by atoms with E-state index in [1.165, 1.54) is 0 Å². The van der Waals surface area contributed by atoms with E-state index in [4.69, 9.17) is 16.3 Å². The van der Waals surface area contributed by atoms with E-state index in [1.807, 2.05) is 19.9 Å². The van der Waals surface area contributed by atoms with E-state index in [9.17, 15) is 14.4 Å². The highest BCUT2D eigenvalue weighted by Crippen LogP contribution is 2.32. The highest BCUT2D eigenvalue weighted by molar-refractivity contribution is 6.30. The number of ether oxygens (including phenoxy) is 1. The van der Waals surface area contributed by atoms with E-state index >= 15 is 0 Å². The van der Waals surface area contributed by atoms with Crippen molar-refractivity contribution in [3.63, 3.8) is 0 Å². The first-order valence-corrected chi connectivity index (χ1v) is 12.4. The van der Waals surface area contributed by atoms with Gasteiger partial charge >= 0.3 is 0 Å². The molecule has 2 fully saturated rings. The molecule has 2 N–H and O–H groups in total. The SMILES string of the molecule is C/C=C(\CC)[C@@H]1C(C(=O)Nc2cccc(Cl)c2)CCC(=O)N1CC(=O)NCCN1CCOCC1. The average Bonchev–Trinajstić information content (AvgIpc) is 2.82. The molecule has 2 aliphatic rings. The Balaban J connectivity index is 1.68. The zero-order valence-electron chi connectivity index (χ0n) is 20.0. The molecule has 3 amide bonds. The predicted octanol–water partition coefficient (Wildman–Crippen LogP) is 2.69. The van der Waals surface area contributed by atoms with Gasteiger partial charge in [0.2, 0.25) is 17.7 Å². The lowest BCUT2D eigenvalue weighted by Crippen LogP contribution is -2.55. The Morgan fingerprint density at radius 1 is 1.26 bits per heavy atom. The van der Waals surface area contributed by atoms with Gasteiger partial charge in [-0.15, -0.1) is 0 Å². The minimum absolute atomic E-state index is 0.0646. The summed E-state index contributed by atoms with van der Waals surface area (Å²) >= 11 is 6.06. The number of carbonyl (C=O) groups excluding carboxylic acids is 3. The molecule has 0 bridgehead atoms. The summed E-state index contributed by atoms with van der Waals surface area (Å²) in [5, 5.41) is 6.41. The third-order valence-corrected chi connectivity index (χ3v) is 6.70. The summed E-state index contributed by atoms with van der Waals surface area (Å²) in [7, 11) is 0. The molecule has 8 nitrogen and oxygen atoms in total. The minimum atomic E-state index is -0.458. The van der Waals surface area contributed by atoms with Crippen LogP contribution in [-0.4, -0.2) is 79.5 Å². The van der Waals surface area contributed by atoms with Gasteiger partial charge in [-0.05, 0) is 38.0 Å². The number of carbonyl (C=O) groups is 3. The average molecular weight is 491 g/mol. The third kappa shape index (κ3) is 7.04. The Kier molecular flexibility index (Phi) is 9.92. The van der Waals surface area contributed by atoms with Crippen molar-refractivity contribution in [2.75, 3.05) is 51.3 Å². The van der Waals surface area contributed by atoms with Crippen LogP contribution in [0.3, 0.4) is 0 Å². The normalized spacial score (nSPS) is 21.9. The van der Waals surface area contributed by atoms with Crippen LogP contribution in [0.5, 0.6) is 0 Å². The van der Waals surface area contributed by atoms with Gasteiger partial charge in [-0.2, -0.15) is 0 Å². The largest absolute Gasteiger partial charge is 0.379 e. The number of piperidine rings is 1. The molecule has 1 unspecified atom stereocenters. The summed E-state index contributed by atoms with van der Waals surface area (Å²) in [6.07, 6.45) is 3.30. The number of hydrogen-bond acceptors (Lipinski definition) is 5. The number of likely N-dealkylation sites (tertiary alicyclic amines) is 1. The van der Waals surface area contributed by atoms with Crippen molar-refractivity contribution < 1.29 is 19.1 Å². The summed E-state index contributed by atoms with van der Waals surface area (Å²) in [5.41, 5.74) is 1.58. The number of allylic oxidation sites excluding steroid dienone is 1. The van der Waals surface area contributed by atoms with Crippen LogP contribution >= 0.6 is 11.6 Å². The van der Waals surface area contributed by atoms with Crippen molar-refractivity contribution in [2.24, 2.45) is 5.92 Å². The first-order valence-electron chi connectivity index (χ1n) is 12.0. The number of amides is 3. The number of morpholine rings is 1. The summed E-state index contributed by atoms with van der Waals surface area (Å²) in [4.78, 5) is 42.8. The van der Waals surface area contributed by atoms with Crippen LogP contribution in [-0.2, 0) is 19.1 Å². The Labute approximate surface area is 206 Å². The fourth-order valence-corrected chi connectivity index (χ4v) is 4.84. The molecule has 186 valence electrons. The number of nitrogens with one attached hydrogen (secondary N) is 2. The second-order valence-electron chi connectivity index (χ2n) is 8.63. The van der Waals surface area contributed by atoms with Gasteiger partial charge in [0, 0.05) is 43.3 Å². The van der Waals surface area contributed by atoms with Crippen LogP contribution in [0.2, 0.25) is 5.02 Å². The molecule has 0 aliphatic carbocycles. The Hall–Kier alpha value is -2.42. The van der Waals surface area contributed by atoms with Gasteiger partial charge in [0.05, 0.1) is 25.2 Å². The van der Waals surface area contributed by atoms with Crippen molar-refractivity contribution in [1.82, 2.24) is 15.1 Å². The zero-order chi connectivity index (χ0) is 24.5. The first-order chi connectivity index (χ1) is 16.4. The molecule has 0 spiro atoms. The molecule has 1 aromatic carbocycles. The van der Waals surface area contributed by atoms with Crippen molar-refractivity contribution >= 4 is 35.0 Å². The van der Waals surface area contributed by atoms with Gasteiger partial charge in [0.25, 0.3) is 0 Å². The Bertz CT molecular complexity index is 901. The molecule has 2 heterocycles.